The van der Waals surface area contributed by atoms with E-state index in [2.05, 4.69) is 64.0 Å². The molecule has 43 heavy (non-hydrogen) atoms. The molecule has 3 heterocycles. The molecule has 2 amide bonds. The van der Waals surface area contributed by atoms with Crippen LogP contribution in [0.5, 0.6) is 0 Å². The van der Waals surface area contributed by atoms with Crippen LogP contribution in [-0.2, 0) is 11.3 Å². The predicted molar refractivity (Wildman–Crippen MR) is 176 cm³/mol. The Labute approximate surface area is 257 Å². The molecule has 7 nitrogen and oxygen atoms in total. The molecule has 0 saturated carbocycles. The summed E-state index contributed by atoms with van der Waals surface area (Å²) in [4.78, 5) is 31.7. The van der Waals surface area contributed by atoms with Gasteiger partial charge in [0.2, 0.25) is 0 Å². The second-order valence-corrected chi connectivity index (χ2v) is 12.0. The Bertz CT molecular complexity index is 1610. The van der Waals surface area contributed by atoms with Crippen molar-refractivity contribution in [2.75, 3.05) is 43.9 Å². The molecule has 1 atom stereocenters. The van der Waals surface area contributed by atoms with Crippen molar-refractivity contribution in [3.05, 3.63) is 117 Å². The van der Waals surface area contributed by atoms with Crippen LogP contribution in [0.4, 0.5) is 11.4 Å². The van der Waals surface area contributed by atoms with Gasteiger partial charge in [0.05, 0.1) is 17.3 Å². The van der Waals surface area contributed by atoms with E-state index in [0.717, 1.165) is 61.7 Å². The number of thiophene rings is 1. The third kappa shape index (κ3) is 6.57. The fourth-order valence-electron chi connectivity index (χ4n) is 5.69. The van der Waals surface area contributed by atoms with Crippen LogP contribution in [0, 0.1) is 0 Å². The normalized spacial score (nSPS) is 17.2. The molecular formula is C35H37N5O2S. The summed E-state index contributed by atoms with van der Waals surface area (Å²) in [6.07, 6.45) is 0.770. The number of anilines is 2. The first kappa shape index (κ1) is 28.9. The van der Waals surface area contributed by atoms with Crippen LogP contribution in [0.3, 0.4) is 0 Å². The second-order valence-electron chi connectivity index (χ2n) is 11.2. The molecule has 3 N–H and O–H groups in total. The zero-order valence-corrected chi connectivity index (χ0v) is 25.4. The molecule has 1 saturated heterocycles. The highest BCUT2D eigenvalue weighted by Crippen LogP contribution is 2.38. The van der Waals surface area contributed by atoms with Crippen molar-refractivity contribution in [3.63, 3.8) is 0 Å². The Hall–Kier alpha value is -4.24. The van der Waals surface area contributed by atoms with Gasteiger partial charge in [-0.2, -0.15) is 11.3 Å². The molecule has 2 aliphatic rings. The summed E-state index contributed by atoms with van der Waals surface area (Å²) >= 11 is 1.58. The van der Waals surface area contributed by atoms with E-state index in [4.69, 9.17) is 0 Å². The summed E-state index contributed by atoms with van der Waals surface area (Å²) in [5.41, 5.74) is 7.33. The van der Waals surface area contributed by atoms with Crippen molar-refractivity contribution in [2.24, 2.45) is 0 Å². The molecule has 3 aromatic carbocycles. The van der Waals surface area contributed by atoms with Crippen molar-refractivity contribution in [1.82, 2.24) is 15.1 Å². The van der Waals surface area contributed by atoms with E-state index in [9.17, 15) is 9.59 Å². The van der Waals surface area contributed by atoms with Gasteiger partial charge in [-0.3, -0.25) is 14.5 Å². The third-order valence-corrected chi connectivity index (χ3v) is 8.91. The van der Waals surface area contributed by atoms with Gasteiger partial charge >= 0.3 is 0 Å². The van der Waals surface area contributed by atoms with Gasteiger partial charge in [-0.05, 0) is 66.4 Å². The number of hydrogen-bond donors (Lipinski definition) is 3. The summed E-state index contributed by atoms with van der Waals surface area (Å²) in [7, 11) is 2.17. The van der Waals surface area contributed by atoms with Crippen LogP contribution in [-0.4, -0.2) is 54.8 Å². The standard InChI is InChI=1S/C35H37N5O2S/c1-3-30(25-7-5-4-6-8-25)37-34(41)26-11-14-31-29(21-26)32(35(42)38-31)33(27-15-20-43-23-27)36-28-12-9-24(10-13-28)22-40-18-16-39(2)17-19-40/h4-15,20-21,23,30,36H,3,16-19,22H2,1-2H3,(H,37,41)(H,38,42)/b33-32-/t30-/m1/s1. The molecule has 0 bridgehead atoms. The lowest BCUT2D eigenvalue weighted by atomic mass is 9.98. The zero-order chi connectivity index (χ0) is 29.8. The molecule has 0 spiro atoms. The van der Waals surface area contributed by atoms with E-state index in [1.54, 1.807) is 17.4 Å². The van der Waals surface area contributed by atoms with Crippen LogP contribution < -0.4 is 16.0 Å². The van der Waals surface area contributed by atoms with Gasteiger partial charge in [0.1, 0.15) is 0 Å². The van der Waals surface area contributed by atoms with Gasteiger partial charge in [0, 0.05) is 66.2 Å². The van der Waals surface area contributed by atoms with Crippen molar-refractivity contribution in [2.45, 2.75) is 25.9 Å². The van der Waals surface area contributed by atoms with E-state index in [1.807, 2.05) is 59.3 Å². The fourth-order valence-corrected chi connectivity index (χ4v) is 6.34. The lowest BCUT2D eigenvalue weighted by Gasteiger charge is -2.32. The summed E-state index contributed by atoms with van der Waals surface area (Å²) in [6, 6.07) is 25.8. The number of carbonyl (C=O) groups excluding carboxylic acids is 2. The van der Waals surface area contributed by atoms with Gasteiger partial charge < -0.3 is 20.9 Å². The smallest absolute Gasteiger partial charge is 0.258 e. The summed E-state index contributed by atoms with van der Waals surface area (Å²) in [5, 5.41) is 13.8. The van der Waals surface area contributed by atoms with Gasteiger partial charge in [0.25, 0.3) is 11.8 Å². The SMILES string of the molecule is CC[C@@H](NC(=O)c1ccc2c(c1)/C(=C(/Nc1ccc(CN3CCN(C)CC3)cc1)c1ccsc1)C(=O)N2)c1ccccc1. The minimum absolute atomic E-state index is 0.0982. The molecule has 0 aliphatic carbocycles. The molecule has 1 aromatic heterocycles. The maximum atomic E-state index is 13.4. The highest BCUT2D eigenvalue weighted by molar-refractivity contribution is 7.08. The zero-order valence-electron chi connectivity index (χ0n) is 24.6. The average Bonchev–Trinajstić information content (AvgIpc) is 3.68. The molecule has 4 aromatic rings. The monoisotopic (exact) mass is 591 g/mol. The van der Waals surface area contributed by atoms with E-state index >= 15 is 0 Å². The maximum absolute atomic E-state index is 13.4. The molecule has 6 rings (SSSR count). The van der Waals surface area contributed by atoms with Gasteiger partial charge in [-0.25, -0.2) is 0 Å². The Kier molecular flexibility index (Phi) is 8.69. The topological polar surface area (TPSA) is 76.7 Å². The Morgan fingerprint density at radius 1 is 0.953 bits per heavy atom. The molecule has 2 aliphatic heterocycles. The van der Waals surface area contributed by atoms with Gasteiger partial charge in [-0.15, -0.1) is 0 Å². The lowest BCUT2D eigenvalue weighted by molar-refractivity contribution is -0.110. The van der Waals surface area contributed by atoms with Crippen LogP contribution in [0.25, 0.3) is 11.3 Å². The number of amides is 2. The van der Waals surface area contributed by atoms with E-state index in [-0.39, 0.29) is 17.9 Å². The first-order valence-electron chi connectivity index (χ1n) is 14.8. The van der Waals surface area contributed by atoms with E-state index in [1.165, 1.54) is 5.56 Å². The number of fused-ring (bicyclic) bond motifs is 1. The summed E-state index contributed by atoms with van der Waals surface area (Å²) in [6.45, 7) is 7.32. The Morgan fingerprint density at radius 3 is 2.42 bits per heavy atom. The fraction of sp³-hybridized carbons (Fsp3) is 0.257. The van der Waals surface area contributed by atoms with Crippen molar-refractivity contribution >= 4 is 45.8 Å². The Morgan fingerprint density at radius 2 is 1.72 bits per heavy atom. The number of nitrogens with zero attached hydrogens (tertiary/aromatic N) is 2. The van der Waals surface area contributed by atoms with Gasteiger partial charge in [0.15, 0.2) is 0 Å². The first-order valence-corrected chi connectivity index (χ1v) is 15.8. The number of rotatable bonds is 9. The minimum atomic E-state index is -0.191. The largest absolute Gasteiger partial charge is 0.354 e. The first-order chi connectivity index (χ1) is 21.0. The number of piperazine rings is 1. The van der Waals surface area contributed by atoms with E-state index in [0.29, 0.717) is 22.4 Å². The maximum Gasteiger partial charge on any atom is 0.258 e. The van der Waals surface area contributed by atoms with Crippen molar-refractivity contribution < 1.29 is 9.59 Å². The lowest BCUT2D eigenvalue weighted by Crippen LogP contribution is -2.43. The van der Waals surface area contributed by atoms with E-state index < -0.39 is 0 Å². The molecule has 0 radical (unpaired) electrons. The molecule has 220 valence electrons. The molecular weight excluding hydrogens is 554 g/mol. The van der Waals surface area contributed by atoms with Crippen LogP contribution in [0.2, 0.25) is 0 Å². The van der Waals surface area contributed by atoms with Crippen molar-refractivity contribution in [1.29, 1.82) is 0 Å². The quantitative estimate of drug-likeness (QED) is 0.199. The number of carbonyl (C=O) groups is 2. The molecule has 8 heteroatoms. The van der Waals surface area contributed by atoms with Crippen LogP contribution in [0.15, 0.2) is 89.6 Å². The number of nitrogens with one attached hydrogen (secondary N) is 3. The van der Waals surface area contributed by atoms with Crippen LogP contribution in [0.1, 0.15) is 52.0 Å². The van der Waals surface area contributed by atoms with Crippen molar-refractivity contribution in [3.8, 4) is 0 Å². The predicted octanol–water partition coefficient (Wildman–Crippen LogP) is 6.31. The minimum Gasteiger partial charge on any atom is -0.354 e. The Balaban J connectivity index is 1.27. The number of likely N-dealkylation sites (N-methyl/N-ethyl adjacent to an activating group) is 1. The second kappa shape index (κ2) is 13.0. The highest BCUT2D eigenvalue weighted by Gasteiger charge is 2.30. The summed E-state index contributed by atoms with van der Waals surface area (Å²) in [5.74, 6) is -0.359. The molecule has 1 fully saturated rings. The number of benzene rings is 3. The summed E-state index contributed by atoms with van der Waals surface area (Å²) < 4.78 is 0. The van der Waals surface area contributed by atoms with Crippen LogP contribution >= 0.6 is 11.3 Å². The molecule has 0 unspecified atom stereocenters. The average molecular weight is 592 g/mol. The van der Waals surface area contributed by atoms with Gasteiger partial charge in [-0.1, -0.05) is 49.4 Å². The third-order valence-electron chi connectivity index (χ3n) is 8.23. The number of hydrogen-bond acceptors (Lipinski definition) is 6. The highest BCUT2D eigenvalue weighted by atomic mass is 32.1.